The van der Waals surface area contributed by atoms with Crippen molar-refractivity contribution in [2.75, 3.05) is 0 Å². The van der Waals surface area contributed by atoms with Crippen LogP contribution >= 0.6 is 0 Å². The van der Waals surface area contributed by atoms with Crippen molar-refractivity contribution in [1.82, 2.24) is 4.98 Å². The number of carbonyl (C=O) groups is 1. The molecular weight excluding hydrogens is 661 g/mol. The first-order chi connectivity index (χ1) is 15.6. The molecule has 6 heteroatoms. The Balaban J connectivity index is 0.000000449. The molecule has 4 aromatic rings. The fraction of sp³-hybridized carbons (Fsp3) is 0.179. The molecule has 1 N–H and O–H groups in total. The third kappa shape index (κ3) is 6.42. The number of allylic oxidation sites excluding steroid dienone is 2. The molecule has 34 heavy (non-hydrogen) atoms. The van der Waals surface area contributed by atoms with Crippen molar-refractivity contribution in [3.63, 3.8) is 0 Å². The predicted molar refractivity (Wildman–Crippen MR) is 138 cm³/mol. The zero-order valence-electron chi connectivity index (χ0n) is 19.9. The van der Waals surface area contributed by atoms with Crippen LogP contribution in [0.3, 0.4) is 0 Å². The summed E-state index contributed by atoms with van der Waals surface area (Å²) in [5.74, 6) is 7.16. The number of aliphatic hydroxyl groups excluding tert-OH is 1. The monoisotopic (exact) mass is 690 g/mol. The van der Waals surface area contributed by atoms with Gasteiger partial charge in [-0.2, -0.15) is 0 Å². The van der Waals surface area contributed by atoms with Gasteiger partial charge in [0.05, 0.1) is 5.76 Å². The molecule has 4 rings (SSSR count). The van der Waals surface area contributed by atoms with Crippen LogP contribution in [0.25, 0.3) is 32.8 Å². The Labute approximate surface area is 217 Å². The topological polar surface area (TPSA) is 74.0 Å². The van der Waals surface area contributed by atoms with E-state index in [0.29, 0.717) is 5.56 Å². The van der Waals surface area contributed by atoms with Gasteiger partial charge in [-0.3, -0.25) is 4.79 Å². The van der Waals surface area contributed by atoms with Crippen LogP contribution in [-0.4, -0.2) is 29.1 Å². The van der Waals surface area contributed by atoms with Gasteiger partial charge in [0.25, 0.3) is 0 Å². The van der Waals surface area contributed by atoms with E-state index in [1.807, 2.05) is 36.5 Å². The zero-order valence-corrected chi connectivity index (χ0v) is 24.4. The van der Waals surface area contributed by atoms with Gasteiger partial charge in [0.2, 0.25) is 0 Å². The number of nitrogens with zero attached hydrogens (tertiary/aromatic N) is 2. The van der Waals surface area contributed by atoms with Gasteiger partial charge in [0, 0.05) is 26.2 Å². The number of benzene rings is 3. The van der Waals surface area contributed by atoms with Crippen LogP contribution in [0.2, 0.25) is 17.3 Å². The van der Waals surface area contributed by atoms with Crippen LogP contribution < -0.4 is 4.40 Å². The number of hydrogen-bond donors (Lipinski definition) is 1. The minimum absolute atomic E-state index is 0. The van der Waals surface area contributed by atoms with Crippen LogP contribution in [0, 0.1) is 17.4 Å². The Morgan fingerprint density at radius 1 is 1.03 bits per heavy atom. The maximum absolute atomic E-state index is 10.0. The zero-order chi connectivity index (χ0) is 24.2. The molecular formula is C28H27GeIrN2O2-. The third-order valence-electron chi connectivity index (χ3n) is 5.18. The molecule has 0 spiro atoms. The molecule has 0 aliphatic carbocycles. The van der Waals surface area contributed by atoms with E-state index in [2.05, 4.69) is 58.7 Å². The normalized spacial score (nSPS) is 11.2. The van der Waals surface area contributed by atoms with Crippen LogP contribution in [0.15, 0.2) is 72.6 Å². The van der Waals surface area contributed by atoms with Gasteiger partial charge in [-0.15, -0.1) is 0 Å². The number of pyridine rings is 1. The number of fused-ring (bicyclic) bond motifs is 2. The Kier molecular flexibility index (Phi) is 9.35. The molecule has 0 bridgehead atoms. The Morgan fingerprint density at radius 3 is 2.29 bits per heavy atom. The SMILES string of the molecule is CC(=O)/C=C(/C)O.[CH3][Ge]([CH3])([CH3])[c]1cccc2c(-c3[c-]c4ccccc4c(C#N)c3)nccc12.[Ir]. The van der Waals surface area contributed by atoms with Crippen LogP contribution in [-0.2, 0) is 24.9 Å². The molecule has 4 nitrogen and oxygen atoms in total. The number of ketones is 1. The van der Waals surface area contributed by atoms with Crippen molar-refractivity contribution in [1.29, 1.82) is 5.26 Å². The molecule has 1 heterocycles. The minimum atomic E-state index is -2.00. The van der Waals surface area contributed by atoms with Gasteiger partial charge in [0.15, 0.2) is 5.78 Å². The van der Waals surface area contributed by atoms with Crippen LogP contribution in [0.1, 0.15) is 19.4 Å². The van der Waals surface area contributed by atoms with E-state index < -0.39 is 13.3 Å². The number of hydrogen-bond acceptors (Lipinski definition) is 4. The van der Waals surface area contributed by atoms with Crippen LogP contribution in [0.4, 0.5) is 0 Å². The van der Waals surface area contributed by atoms with E-state index in [-0.39, 0.29) is 31.6 Å². The van der Waals surface area contributed by atoms with Crippen molar-refractivity contribution in [3.8, 4) is 17.3 Å². The summed E-state index contributed by atoms with van der Waals surface area (Å²) in [6, 6.07) is 24.2. The smallest absolute Gasteiger partial charge is 0 e. The number of rotatable bonds is 3. The van der Waals surface area contributed by atoms with E-state index in [1.54, 1.807) is 0 Å². The predicted octanol–water partition coefficient (Wildman–Crippen LogP) is 6.31. The van der Waals surface area contributed by atoms with Crippen molar-refractivity contribution < 1.29 is 30.0 Å². The molecule has 0 saturated carbocycles. The average molecular weight is 688 g/mol. The Hall–Kier alpha value is -2.78. The molecule has 0 atom stereocenters. The van der Waals surface area contributed by atoms with E-state index in [4.69, 9.17) is 5.11 Å². The second-order valence-electron chi connectivity index (χ2n) is 8.96. The summed E-state index contributed by atoms with van der Waals surface area (Å²) < 4.78 is 1.48. The maximum atomic E-state index is 10.0. The van der Waals surface area contributed by atoms with Crippen molar-refractivity contribution in [2.24, 2.45) is 0 Å². The first kappa shape index (κ1) is 27.5. The maximum Gasteiger partial charge on any atom is 0 e. The summed E-state index contributed by atoms with van der Waals surface area (Å²) in [5.41, 5.74) is 2.44. The number of carbonyl (C=O) groups excluding carboxylic acids is 1. The largest absolute Gasteiger partial charge is 0 e. The minimum Gasteiger partial charge on any atom is 0 e. The first-order valence-electron chi connectivity index (χ1n) is 10.7. The van der Waals surface area contributed by atoms with Gasteiger partial charge >= 0.3 is 156 Å². The fourth-order valence-electron chi connectivity index (χ4n) is 3.82. The summed E-state index contributed by atoms with van der Waals surface area (Å²) in [4.78, 5) is 14.7. The number of aliphatic hydroxyl groups is 1. The molecule has 0 unspecified atom stereocenters. The molecule has 0 fully saturated rings. The van der Waals surface area contributed by atoms with Crippen molar-refractivity contribution in [3.05, 3.63) is 84.3 Å². The standard InChI is InChI=1S/C23H19GeN2.C5H8O2.Ir/c1-24(2,3)22-10-6-9-21-20(22)11-12-26-23(21)17-13-16-7-4-5-8-19(16)18(14-17)15-25;1-4(6)3-5(2)7;/h4-12,14H,1-3H3;3,6H,1-2H3;/q-1;;/b;4-3-;. The molecule has 0 aliphatic rings. The van der Waals surface area contributed by atoms with Gasteiger partial charge in [-0.1, -0.05) is 0 Å². The Morgan fingerprint density at radius 2 is 1.71 bits per heavy atom. The molecule has 1 radical (unpaired) electrons. The van der Waals surface area contributed by atoms with E-state index in [9.17, 15) is 10.1 Å². The van der Waals surface area contributed by atoms with Crippen molar-refractivity contribution in [2.45, 2.75) is 31.1 Å². The van der Waals surface area contributed by atoms with E-state index >= 15 is 0 Å². The molecule has 3 aromatic carbocycles. The molecule has 0 aliphatic heterocycles. The third-order valence-corrected chi connectivity index (χ3v) is 9.48. The van der Waals surface area contributed by atoms with Gasteiger partial charge < -0.3 is 5.11 Å². The average Bonchev–Trinajstić information content (AvgIpc) is 2.76. The fourth-order valence-corrected chi connectivity index (χ4v) is 7.22. The molecule has 1 aromatic heterocycles. The molecule has 0 amide bonds. The quantitative estimate of drug-likeness (QED) is 0.119. The summed E-state index contributed by atoms with van der Waals surface area (Å²) >= 11 is -2.00. The summed E-state index contributed by atoms with van der Waals surface area (Å²) in [7, 11) is 0. The van der Waals surface area contributed by atoms with E-state index in [0.717, 1.165) is 27.4 Å². The van der Waals surface area contributed by atoms with Gasteiger partial charge in [-0.25, -0.2) is 0 Å². The Bertz CT molecular complexity index is 1410. The first-order valence-corrected chi connectivity index (χ1v) is 18.1. The van der Waals surface area contributed by atoms with E-state index in [1.165, 1.54) is 29.7 Å². The summed E-state index contributed by atoms with van der Waals surface area (Å²) in [5, 5.41) is 22.3. The summed E-state index contributed by atoms with van der Waals surface area (Å²) in [6.07, 6.45) is 3.05. The molecule has 0 saturated heterocycles. The number of aromatic nitrogens is 1. The number of nitriles is 1. The second kappa shape index (κ2) is 11.6. The second-order valence-corrected chi connectivity index (χ2v) is 19.5. The van der Waals surface area contributed by atoms with Gasteiger partial charge in [-0.05, 0) is 13.8 Å². The molecule has 175 valence electrons. The van der Waals surface area contributed by atoms with Gasteiger partial charge in [0.1, 0.15) is 0 Å². The van der Waals surface area contributed by atoms with Crippen molar-refractivity contribution >= 4 is 45.0 Å². The summed E-state index contributed by atoms with van der Waals surface area (Å²) in [6.45, 7) is 2.85. The van der Waals surface area contributed by atoms with Crippen LogP contribution in [0.5, 0.6) is 0 Å².